The monoisotopic (exact) mass is 343 g/mol. The van der Waals surface area contributed by atoms with Crippen molar-refractivity contribution < 1.29 is 9.47 Å². The number of hydrogen-bond donors (Lipinski definition) is 0. The third-order valence-electron chi connectivity index (χ3n) is 4.52. The average molecular weight is 343 g/mol. The molecule has 1 atom stereocenters. The maximum absolute atomic E-state index is 5.80. The number of ether oxygens (including phenoxy) is 2. The van der Waals surface area contributed by atoms with Crippen LogP contribution in [0.3, 0.4) is 0 Å². The van der Waals surface area contributed by atoms with Crippen LogP contribution in [-0.4, -0.2) is 48.5 Å². The third kappa shape index (κ3) is 2.96. The third-order valence-corrected chi connectivity index (χ3v) is 5.69. The van der Waals surface area contributed by atoms with Crippen molar-refractivity contribution in [2.24, 2.45) is 4.99 Å². The Morgan fingerprint density at radius 1 is 1.42 bits per heavy atom. The van der Waals surface area contributed by atoms with Gasteiger partial charge >= 0.3 is 0 Å². The molecule has 0 aliphatic carbocycles. The molecule has 24 heavy (non-hydrogen) atoms. The molecule has 0 radical (unpaired) electrons. The fraction of sp³-hybridized carbons (Fsp3) is 0.444. The Balaban J connectivity index is 1.66. The summed E-state index contributed by atoms with van der Waals surface area (Å²) in [6.07, 6.45) is 2.62. The Bertz CT molecular complexity index is 787. The minimum Gasteiger partial charge on any atom is -0.497 e. The van der Waals surface area contributed by atoms with E-state index in [1.165, 1.54) is 5.56 Å². The smallest absolute Gasteiger partial charge is 0.165 e. The van der Waals surface area contributed by atoms with Gasteiger partial charge in [-0.3, -0.25) is 4.99 Å². The van der Waals surface area contributed by atoms with Gasteiger partial charge in [0.2, 0.25) is 0 Å². The maximum atomic E-state index is 5.80. The normalized spacial score (nSPS) is 22.2. The number of pyridine rings is 1. The summed E-state index contributed by atoms with van der Waals surface area (Å²) in [5, 5.41) is 3.21. The molecular formula is C18H21N3O2S. The Hall–Kier alpha value is -1.79. The number of methoxy groups -OCH3 is 1. The van der Waals surface area contributed by atoms with Crippen LogP contribution in [0.15, 0.2) is 34.3 Å². The minimum atomic E-state index is 0.321. The van der Waals surface area contributed by atoms with Crippen LogP contribution in [0.4, 0.5) is 0 Å². The molecule has 0 bridgehead atoms. The summed E-state index contributed by atoms with van der Waals surface area (Å²) in [4.78, 5) is 11.6. The lowest BCUT2D eigenvalue weighted by atomic mass is 10.1. The minimum absolute atomic E-state index is 0.321. The molecule has 3 heterocycles. The van der Waals surface area contributed by atoms with E-state index in [1.807, 2.05) is 19.2 Å². The number of amidine groups is 1. The quantitative estimate of drug-likeness (QED) is 0.856. The van der Waals surface area contributed by atoms with Crippen LogP contribution in [0.2, 0.25) is 0 Å². The molecule has 0 amide bonds. The molecule has 1 fully saturated rings. The molecule has 2 aliphatic rings. The van der Waals surface area contributed by atoms with Gasteiger partial charge in [0.05, 0.1) is 18.7 Å². The summed E-state index contributed by atoms with van der Waals surface area (Å²) in [6.45, 7) is 2.62. The zero-order valence-electron chi connectivity index (χ0n) is 14.0. The lowest BCUT2D eigenvalue weighted by Crippen LogP contribution is -2.37. The Kier molecular flexibility index (Phi) is 4.33. The molecule has 6 heteroatoms. The molecule has 0 saturated carbocycles. The molecule has 5 nitrogen and oxygen atoms in total. The summed E-state index contributed by atoms with van der Waals surface area (Å²) in [5.41, 5.74) is 2.21. The Labute approximate surface area is 146 Å². The topological polar surface area (TPSA) is 47.0 Å². The second-order valence-electron chi connectivity index (χ2n) is 6.14. The fourth-order valence-electron chi connectivity index (χ4n) is 3.29. The van der Waals surface area contributed by atoms with Gasteiger partial charge in [0.15, 0.2) is 5.17 Å². The summed E-state index contributed by atoms with van der Waals surface area (Å²) in [7, 11) is 3.53. The van der Waals surface area contributed by atoms with Crippen LogP contribution >= 0.6 is 11.8 Å². The van der Waals surface area contributed by atoms with Crippen molar-refractivity contribution in [1.82, 2.24) is 9.88 Å². The van der Waals surface area contributed by atoms with E-state index in [-0.39, 0.29) is 0 Å². The largest absolute Gasteiger partial charge is 0.497 e. The van der Waals surface area contributed by atoms with Crippen molar-refractivity contribution in [3.63, 3.8) is 0 Å². The summed E-state index contributed by atoms with van der Waals surface area (Å²) in [6, 6.07) is 8.27. The molecule has 2 aromatic rings. The second kappa shape index (κ2) is 6.61. The number of hydrogen-bond acceptors (Lipinski definition) is 5. The van der Waals surface area contributed by atoms with E-state index in [0.29, 0.717) is 6.10 Å². The van der Waals surface area contributed by atoms with E-state index >= 15 is 0 Å². The van der Waals surface area contributed by atoms with Crippen molar-refractivity contribution in [2.45, 2.75) is 30.5 Å². The van der Waals surface area contributed by atoms with E-state index in [1.54, 1.807) is 18.9 Å². The predicted molar refractivity (Wildman–Crippen MR) is 96.9 cm³/mol. The van der Waals surface area contributed by atoms with Crippen LogP contribution in [-0.2, 0) is 11.3 Å². The molecule has 4 rings (SSSR count). The van der Waals surface area contributed by atoms with Crippen molar-refractivity contribution in [3.05, 3.63) is 29.8 Å². The highest BCUT2D eigenvalue weighted by atomic mass is 32.2. The van der Waals surface area contributed by atoms with Crippen molar-refractivity contribution in [3.8, 4) is 5.75 Å². The molecule has 126 valence electrons. The first-order valence-electron chi connectivity index (χ1n) is 8.25. The van der Waals surface area contributed by atoms with Gasteiger partial charge in [-0.05, 0) is 42.8 Å². The highest BCUT2D eigenvalue weighted by Crippen LogP contribution is 2.34. The summed E-state index contributed by atoms with van der Waals surface area (Å²) in [5.74, 6) is 0.833. The van der Waals surface area contributed by atoms with Gasteiger partial charge in [-0.2, -0.15) is 0 Å². The van der Waals surface area contributed by atoms with Crippen LogP contribution in [0.25, 0.3) is 10.9 Å². The van der Waals surface area contributed by atoms with Crippen LogP contribution in [0.1, 0.15) is 18.4 Å². The molecule has 1 aromatic heterocycles. The lowest BCUT2D eigenvalue weighted by Gasteiger charge is -2.32. The van der Waals surface area contributed by atoms with Crippen molar-refractivity contribution in [1.29, 1.82) is 0 Å². The molecule has 1 aromatic carbocycles. The van der Waals surface area contributed by atoms with Gasteiger partial charge < -0.3 is 14.4 Å². The molecule has 1 saturated heterocycles. The van der Waals surface area contributed by atoms with E-state index in [9.17, 15) is 0 Å². The number of rotatable bonds is 3. The fourth-order valence-corrected chi connectivity index (χ4v) is 4.22. The highest BCUT2D eigenvalue weighted by Gasteiger charge is 2.27. The van der Waals surface area contributed by atoms with Crippen LogP contribution in [0, 0.1) is 0 Å². The van der Waals surface area contributed by atoms with E-state index < -0.39 is 0 Å². The first kappa shape index (κ1) is 15.7. The van der Waals surface area contributed by atoms with Gasteiger partial charge in [0.1, 0.15) is 10.8 Å². The number of nitrogens with zero attached hydrogens (tertiary/aromatic N) is 3. The lowest BCUT2D eigenvalue weighted by molar-refractivity contribution is 0.0903. The second-order valence-corrected chi connectivity index (χ2v) is 7.09. The zero-order chi connectivity index (χ0) is 16.5. The number of fused-ring (bicyclic) bond motifs is 2. The predicted octanol–water partition coefficient (Wildman–Crippen LogP) is 3.32. The van der Waals surface area contributed by atoms with Gasteiger partial charge in [0.25, 0.3) is 0 Å². The standard InChI is InChI=1S/C18H21N3O2S/c1-19-18-21(11-15-4-3-7-23-15)10-13-8-12-5-6-14(22-2)9-16(12)20-17(13)24-18/h5-6,8-9,15H,3-4,7,10-11H2,1-2H3. The zero-order valence-corrected chi connectivity index (χ0v) is 14.8. The van der Waals surface area contributed by atoms with Crippen LogP contribution in [0.5, 0.6) is 5.75 Å². The summed E-state index contributed by atoms with van der Waals surface area (Å²) < 4.78 is 11.1. The highest BCUT2D eigenvalue weighted by molar-refractivity contribution is 8.13. The molecule has 2 aliphatic heterocycles. The number of thioether (sulfide) groups is 1. The molecule has 0 N–H and O–H groups in total. The SMILES string of the molecule is CN=C1Sc2nc3cc(OC)ccc3cc2CN1CC1CCCO1. The van der Waals surface area contributed by atoms with Crippen molar-refractivity contribution in [2.75, 3.05) is 27.3 Å². The van der Waals surface area contributed by atoms with Gasteiger partial charge in [-0.25, -0.2) is 4.98 Å². The summed E-state index contributed by atoms with van der Waals surface area (Å²) >= 11 is 1.65. The molecule has 0 spiro atoms. The Morgan fingerprint density at radius 3 is 3.08 bits per heavy atom. The first-order chi connectivity index (χ1) is 11.8. The maximum Gasteiger partial charge on any atom is 0.165 e. The molecule has 1 unspecified atom stereocenters. The van der Waals surface area contributed by atoms with E-state index in [0.717, 1.165) is 59.4 Å². The average Bonchev–Trinajstić information content (AvgIpc) is 3.12. The van der Waals surface area contributed by atoms with Gasteiger partial charge in [-0.15, -0.1) is 0 Å². The van der Waals surface area contributed by atoms with Crippen molar-refractivity contribution >= 4 is 27.8 Å². The van der Waals surface area contributed by atoms with E-state index in [4.69, 9.17) is 14.5 Å². The molecular weight excluding hydrogens is 322 g/mol. The number of benzene rings is 1. The van der Waals surface area contributed by atoms with E-state index in [2.05, 4.69) is 22.0 Å². The number of aromatic nitrogens is 1. The first-order valence-corrected chi connectivity index (χ1v) is 9.07. The Morgan fingerprint density at radius 2 is 2.33 bits per heavy atom. The van der Waals surface area contributed by atoms with Gasteiger partial charge in [0, 0.05) is 43.8 Å². The van der Waals surface area contributed by atoms with Crippen LogP contribution < -0.4 is 4.74 Å². The number of aliphatic imine (C=N–C) groups is 1. The van der Waals surface area contributed by atoms with Gasteiger partial charge in [-0.1, -0.05) is 0 Å².